The highest BCUT2D eigenvalue weighted by Gasteiger charge is 2.20. The van der Waals surface area contributed by atoms with Crippen molar-refractivity contribution in [2.75, 3.05) is 6.61 Å². The first-order valence-corrected chi connectivity index (χ1v) is 7.21. The summed E-state index contributed by atoms with van der Waals surface area (Å²) in [6.07, 6.45) is 2.84. The van der Waals surface area contributed by atoms with Gasteiger partial charge in [0.2, 0.25) is 15.9 Å². The van der Waals surface area contributed by atoms with Crippen LogP contribution in [0.1, 0.15) is 18.9 Å². The number of aliphatic hydroxyl groups is 1. The van der Waals surface area contributed by atoms with Crippen LogP contribution < -0.4 is 10.5 Å². The zero-order valence-electron chi connectivity index (χ0n) is 10.8. The monoisotopic (exact) mass is 297 g/mol. The van der Waals surface area contributed by atoms with Gasteiger partial charge in [-0.25, -0.2) is 8.42 Å². The van der Waals surface area contributed by atoms with Gasteiger partial charge in [-0.15, -0.1) is 0 Å². The van der Waals surface area contributed by atoms with E-state index in [1.807, 2.05) is 0 Å². The molecule has 1 amide bonds. The molecule has 0 bridgehead atoms. The molecule has 0 aliphatic heterocycles. The third-order valence-electron chi connectivity index (χ3n) is 2.25. The molecule has 0 aliphatic carbocycles. The number of carbonyl (C=O) groups is 1. The fourth-order valence-corrected chi connectivity index (χ4v) is 2.41. The van der Waals surface area contributed by atoms with Gasteiger partial charge in [0.1, 0.15) is 4.90 Å². The number of hydrogen-bond donors (Lipinski definition) is 3. The number of aromatic nitrogens is 1. The maximum Gasteiger partial charge on any atom is 0.242 e. The third kappa shape index (κ3) is 4.62. The van der Waals surface area contributed by atoms with Crippen molar-refractivity contribution >= 4 is 15.9 Å². The molecule has 1 atom stereocenters. The molecule has 0 saturated heterocycles. The molecule has 1 heterocycles. The van der Waals surface area contributed by atoms with Gasteiger partial charge in [-0.05, 0) is 13.0 Å². The minimum absolute atomic E-state index is 0.0733. The number of sulfonamides is 1. The lowest BCUT2D eigenvalue weighted by atomic mass is 10.3. The zero-order chi connectivity index (χ0) is 15.2. The summed E-state index contributed by atoms with van der Waals surface area (Å²) < 4.78 is 26.1. The first-order chi connectivity index (χ1) is 9.36. The Morgan fingerprint density at radius 2 is 2.25 bits per heavy atom. The van der Waals surface area contributed by atoms with E-state index in [0.29, 0.717) is 5.56 Å². The van der Waals surface area contributed by atoms with Crippen LogP contribution in [0.2, 0.25) is 0 Å². The number of nitrogens with one attached hydrogen (secondary N) is 1. The number of nitrogens with two attached hydrogens (primary N) is 1. The Kier molecular flexibility index (Phi) is 5.64. The van der Waals surface area contributed by atoms with E-state index in [2.05, 4.69) is 21.5 Å². The Bertz CT molecular complexity index is 646. The SMILES string of the molecule is CC(NS(=O)(=O)c1cncc(C#CCCO)c1)C(N)=O. The van der Waals surface area contributed by atoms with Crippen LogP contribution >= 0.6 is 0 Å². The highest BCUT2D eigenvalue weighted by atomic mass is 32.2. The fourth-order valence-electron chi connectivity index (χ4n) is 1.21. The topological polar surface area (TPSA) is 122 Å². The van der Waals surface area contributed by atoms with Crippen LogP contribution in [0.3, 0.4) is 0 Å². The van der Waals surface area contributed by atoms with Gasteiger partial charge < -0.3 is 10.8 Å². The molecule has 108 valence electrons. The van der Waals surface area contributed by atoms with Gasteiger partial charge >= 0.3 is 0 Å². The van der Waals surface area contributed by atoms with E-state index in [9.17, 15) is 13.2 Å². The minimum Gasteiger partial charge on any atom is -0.395 e. The number of hydrogen-bond acceptors (Lipinski definition) is 5. The van der Waals surface area contributed by atoms with E-state index in [0.717, 1.165) is 6.20 Å². The molecular weight excluding hydrogens is 282 g/mol. The van der Waals surface area contributed by atoms with Crippen molar-refractivity contribution in [1.29, 1.82) is 0 Å². The van der Waals surface area contributed by atoms with Gasteiger partial charge in [0, 0.05) is 24.4 Å². The molecule has 0 aliphatic rings. The van der Waals surface area contributed by atoms with Crippen molar-refractivity contribution in [1.82, 2.24) is 9.71 Å². The molecule has 1 rings (SSSR count). The molecule has 0 spiro atoms. The van der Waals surface area contributed by atoms with E-state index >= 15 is 0 Å². The summed E-state index contributed by atoms with van der Waals surface area (Å²) in [5.41, 5.74) is 5.40. The quantitative estimate of drug-likeness (QED) is 0.600. The van der Waals surface area contributed by atoms with Crippen molar-refractivity contribution in [2.45, 2.75) is 24.3 Å². The predicted octanol–water partition coefficient (Wildman–Crippen LogP) is -1.03. The second-order valence-corrected chi connectivity index (χ2v) is 5.64. The third-order valence-corrected chi connectivity index (χ3v) is 3.76. The number of aliphatic hydroxyl groups excluding tert-OH is 1. The van der Waals surface area contributed by atoms with E-state index in [1.54, 1.807) is 0 Å². The molecule has 0 radical (unpaired) electrons. The van der Waals surface area contributed by atoms with E-state index in [1.165, 1.54) is 19.2 Å². The summed E-state index contributed by atoms with van der Waals surface area (Å²) in [6, 6.07) is 0.303. The highest BCUT2D eigenvalue weighted by molar-refractivity contribution is 7.89. The lowest BCUT2D eigenvalue weighted by Crippen LogP contribution is -2.42. The molecule has 8 heteroatoms. The maximum absolute atomic E-state index is 12.0. The lowest BCUT2D eigenvalue weighted by molar-refractivity contribution is -0.119. The van der Waals surface area contributed by atoms with Crippen LogP contribution in [-0.4, -0.2) is 37.1 Å². The average Bonchev–Trinajstić information content (AvgIpc) is 2.39. The second kappa shape index (κ2) is 7.00. The zero-order valence-corrected chi connectivity index (χ0v) is 11.6. The summed E-state index contributed by atoms with van der Waals surface area (Å²) in [4.78, 5) is 14.6. The smallest absolute Gasteiger partial charge is 0.242 e. The Morgan fingerprint density at radius 3 is 2.85 bits per heavy atom. The number of pyridine rings is 1. The van der Waals surface area contributed by atoms with Crippen molar-refractivity contribution < 1.29 is 18.3 Å². The first kappa shape index (κ1) is 16.1. The number of amides is 1. The second-order valence-electron chi connectivity index (χ2n) is 3.93. The highest BCUT2D eigenvalue weighted by Crippen LogP contribution is 2.09. The molecule has 1 aromatic heterocycles. The van der Waals surface area contributed by atoms with Crippen LogP contribution in [0.4, 0.5) is 0 Å². The van der Waals surface area contributed by atoms with Crippen LogP contribution in [0.25, 0.3) is 0 Å². The number of primary amides is 1. The summed E-state index contributed by atoms with van der Waals surface area (Å²) in [6.45, 7) is 1.27. The average molecular weight is 297 g/mol. The number of carbonyl (C=O) groups excluding carboxylic acids is 1. The summed E-state index contributed by atoms with van der Waals surface area (Å²) in [5, 5.41) is 8.61. The molecule has 1 aromatic rings. The summed E-state index contributed by atoms with van der Waals surface area (Å²) in [5.74, 6) is 4.56. The van der Waals surface area contributed by atoms with Gasteiger partial charge in [-0.3, -0.25) is 9.78 Å². The molecule has 4 N–H and O–H groups in total. The van der Waals surface area contributed by atoms with Crippen LogP contribution in [0.15, 0.2) is 23.4 Å². The van der Waals surface area contributed by atoms with Crippen molar-refractivity contribution in [3.63, 3.8) is 0 Å². The Hall–Kier alpha value is -1.95. The van der Waals surface area contributed by atoms with Crippen LogP contribution in [0, 0.1) is 11.8 Å². The Morgan fingerprint density at radius 1 is 1.55 bits per heavy atom. The molecule has 7 nitrogen and oxygen atoms in total. The fraction of sp³-hybridized carbons (Fsp3) is 0.333. The summed E-state index contributed by atoms with van der Waals surface area (Å²) in [7, 11) is -3.89. The van der Waals surface area contributed by atoms with Crippen LogP contribution in [0.5, 0.6) is 0 Å². The van der Waals surface area contributed by atoms with E-state index in [4.69, 9.17) is 10.8 Å². The summed E-state index contributed by atoms with van der Waals surface area (Å²) >= 11 is 0. The maximum atomic E-state index is 12.0. The molecule has 20 heavy (non-hydrogen) atoms. The van der Waals surface area contributed by atoms with Gasteiger partial charge in [0.05, 0.1) is 12.6 Å². The molecule has 0 saturated carbocycles. The first-order valence-electron chi connectivity index (χ1n) is 5.73. The number of nitrogens with zero attached hydrogens (tertiary/aromatic N) is 1. The molecule has 0 fully saturated rings. The normalized spacial score (nSPS) is 12.3. The number of rotatable bonds is 5. The van der Waals surface area contributed by atoms with Crippen molar-refractivity contribution in [2.24, 2.45) is 5.73 Å². The van der Waals surface area contributed by atoms with Gasteiger partial charge in [-0.2, -0.15) is 4.72 Å². The molecule has 1 unspecified atom stereocenters. The minimum atomic E-state index is -3.89. The van der Waals surface area contributed by atoms with E-state index < -0.39 is 22.0 Å². The van der Waals surface area contributed by atoms with Crippen molar-refractivity contribution in [3.8, 4) is 11.8 Å². The Balaban J connectivity index is 2.99. The largest absolute Gasteiger partial charge is 0.395 e. The van der Waals surface area contributed by atoms with Gasteiger partial charge in [0.15, 0.2) is 0 Å². The van der Waals surface area contributed by atoms with Crippen LogP contribution in [-0.2, 0) is 14.8 Å². The standard InChI is InChI=1S/C12H15N3O4S/c1-9(12(13)17)15-20(18,19)11-6-10(7-14-8-11)4-2-3-5-16/h6-9,15-16H,3,5H2,1H3,(H2,13,17). The molecular formula is C12H15N3O4S. The Labute approximate surface area is 117 Å². The predicted molar refractivity (Wildman–Crippen MR) is 71.8 cm³/mol. The van der Waals surface area contributed by atoms with Crippen molar-refractivity contribution in [3.05, 3.63) is 24.0 Å². The van der Waals surface area contributed by atoms with Gasteiger partial charge in [0.25, 0.3) is 0 Å². The molecule has 0 aromatic carbocycles. The van der Waals surface area contributed by atoms with E-state index in [-0.39, 0.29) is 17.9 Å². The van der Waals surface area contributed by atoms with Gasteiger partial charge in [-0.1, -0.05) is 11.8 Å². The lowest BCUT2D eigenvalue weighted by Gasteiger charge is -2.10.